The number of carbonyl (C=O) groups is 4. The number of hydrogen-bond acceptors (Lipinski definition) is 14. The Labute approximate surface area is 435 Å². The Kier molecular flexibility index (Phi) is 17.8. The predicted octanol–water partition coefficient (Wildman–Crippen LogP) is 8.69. The summed E-state index contributed by atoms with van der Waals surface area (Å²) in [4.78, 5) is 68.8. The topological polar surface area (TPSA) is 188 Å². The van der Waals surface area contributed by atoms with E-state index < -0.39 is 48.2 Å². The molecule has 4 heterocycles. The van der Waals surface area contributed by atoms with E-state index in [4.69, 9.17) is 74.2 Å². The number of amides is 2. The molecule has 8 rings (SSSR count). The van der Waals surface area contributed by atoms with Gasteiger partial charge in [0, 0.05) is 75.6 Å². The molecule has 2 fully saturated rings. The Morgan fingerprint density at radius 1 is 0.611 bits per heavy atom. The number of oxazole rings is 2. The van der Waals surface area contributed by atoms with Gasteiger partial charge in [-0.3, -0.25) is 19.4 Å². The first-order chi connectivity index (χ1) is 34.8. The van der Waals surface area contributed by atoms with Crippen LogP contribution in [0.5, 0.6) is 0 Å². The molecule has 2 aliphatic heterocycles. The van der Waals surface area contributed by atoms with Crippen molar-refractivity contribution in [2.24, 2.45) is 0 Å². The van der Waals surface area contributed by atoms with Gasteiger partial charge in [0.1, 0.15) is 22.9 Å². The molecule has 0 bridgehead atoms. The normalized spacial score (nSPS) is 17.3. The second-order valence-electron chi connectivity index (χ2n) is 17.1. The lowest BCUT2D eigenvalue weighted by molar-refractivity contribution is -0.154. The standard InChI is InChI=1S/C52H50Cl4N6O10/c1-31-45(59-51(69-31)35-9-5-3-6-10-35)47(49(65)57-25-37-29-61(19-21-67-37)27-33-13-15-39(53)41(55)23-33)71-43(63)17-18-44(64)72-48(46-32(2)70-52(60-46)36-11-7-4-8-12-36)50(66)58-26-38-30-62(20-22-68-38)28-34-14-16-40(54)42(56)24-34/h3-18,23-24,37-38,47-48H,19-22,25-30H2,1-2H3,(H,57,65)(H,58,66)/b18-17+/t37-,38-,47?,48?/m0/s1. The SMILES string of the molecule is Cc1oc(-c2ccccc2)nc1C(OC(=O)/C=C/C(=O)OC(C(=O)NC[C@H]1CN(Cc2ccc(Cl)c(Cl)c2)CCO1)c1nc(-c2ccccc2)oc1C)C(=O)NC[C@H]1CN(Cc2ccc(Cl)c(Cl)c2)CCO1. The molecule has 6 aromatic rings. The number of nitrogens with zero attached hydrogens (tertiary/aromatic N) is 4. The minimum absolute atomic E-state index is 0.0355. The largest absolute Gasteiger partial charge is 0.442 e. The molecule has 2 aromatic heterocycles. The first-order valence-corrected chi connectivity index (χ1v) is 24.5. The zero-order valence-corrected chi connectivity index (χ0v) is 42.2. The number of carbonyl (C=O) groups excluding carboxylic acids is 4. The van der Waals surface area contributed by atoms with Crippen molar-refractivity contribution in [2.45, 2.75) is 51.4 Å². The Morgan fingerprint density at radius 2 is 1.01 bits per heavy atom. The summed E-state index contributed by atoms with van der Waals surface area (Å²) >= 11 is 24.7. The lowest BCUT2D eigenvalue weighted by Gasteiger charge is -2.33. The van der Waals surface area contributed by atoms with Gasteiger partial charge >= 0.3 is 11.9 Å². The van der Waals surface area contributed by atoms with Crippen molar-refractivity contribution in [2.75, 3.05) is 52.5 Å². The summed E-state index contributed by atoms with van der Waals surface area (Å²) in [7, 11) is 0. The smallest absolute Gasteiger partial charge is 0.332 e. The third-order valence-corrected chi connectivity index (χ3v) is 13.2. The van der Waals surface area contributed by atoms with Crippen LogP contribution in [0.3, 0.4) is 0 Å². The molecule has 16 nitrogen and oxygen atoms in total. The fourth-order valence-corrected chi connectivity index (χ4v) is 8.77. The molecule has 376 valence electrons. The number of esters is 2. The number of ether oxygens (including phenoxy) is 4. The minimum Gasteiger partial charge on any atom is -0.442 e. The van der Waals surface area contributed by atoms with E-state index in [2.05, 4.69) is 30.4 Å². The molecule has 0 spiro atoms. The summed E-state index contributed by atoms with van der Waals surface area (Å²) in [6.07, 6.45) is -2.49. The number of nitrogens with one attached hydrogen (secondary N) is 2. The van der Waals surface area contributed by atoms with Gasteiger partial charge in [0.2, 0.25) is 24.0 Å². The van der Waals surface area contributed by atoms with E-state index in [0.717, 1.165) is 23.3 Å². The van der Waals surface area contributed by atoms with Crippen LogP contribution in [-0.4, -0.2) is 108 Å². The lowest BCUT2D eigenvalue weighted by atomic mass is 10.1. The minimum atomic E-state index is -1.62. The molecule has 2 saturated heterocycles. The number of aryl methyl sites for hydroxylation is 2. The van der Waals surface area contributed by atoms with E-state index in [-0.39, 0.29) is 47.8 Å². The maximum Gasteiger partial charge on any atom is 0.332 e. The van der Waals surface area contributed by atoms with Crippen molar-refractivity contribution >= 4 is 70.2 Å². The van der Waals surface area contributed by atoms with Crippen molar-refractivity contribution in [3.8, 4) is 22.9 Å². The summed E-state index contributed by atoms with van der Waals surface area (Å²) < 4.78 is 35.3. The highest BCUT2D eigenvalue weighted by atomic mass is 35.5. The highest BCUT2D eigenvalue weighted by molar-refractivity contribution is 6.42. The van der Waals surface area contributed by atoms with Gasteiger partial charge < -0.3 is 38.4 Å². The molecule has 2 aliphatic rings. The van der Waals surface area contributed by atoms with Gasteiger partial charge in [-0.25, -0.2) is 19.6 Å². The fraction of sp³-hybridized carbons (Fsp3) is 0.308. The molecule has 0 aliphatic carbocycles. The number of hydrogen-bond donors (Lipinski definition) is 2. The molecule has 72 heavy (non-hydrogen) atoms. The second kappa shape index (κ2) is 24.6. The van der Waals surface area contributed by atoms with Crippen LogP contribution in [0.1, 0.15) is 46.2 Å². The Morgan fingerprint density at radius 3 is 1.40 bits per heavy atom. The van der Waals surface area contributed by atoms with Crippen LogP contribution in [0.15, 0.2) is 118 Å². The number of rotatable bonds is 18. The van der Waals surface area contributed by atoms with E-state index in [0.29, 0.717) is 83.7 Å². The summed E-state index contributed by atoms with van der Waals surface area (Å²) in [5.41, 5.74) is 3.26. The molecule has 4 aromatic carbocycles. The molecular formula is C52H50Cl4N6O10. The molecule has 2 amide bonds. The van der Waals surface area contributed by atoms with Crippen molar-refractivity contribution < 1.29 is 47.0 Å². The monoisotopic (exact) mass is 1060 g/mol. The highest BCUT2D eigenvalue weighted by Crippen LogP contribution is 2.31. The van der Waals surface area contributed by atoms with Crippen molar-refractivity contribution in [3.63, 3.8) is 0 Å². The van der Waals surface area contributed by atoms with Gasteiger partial charge in [-0.05, 0) is 73.5 Å². The lowest BCUT2D eigenvalue weighted by Crippen LogP contribution is -2.48. The second-order valence-corrected chi connectivity index (χ2v) is 18.7. The molecular weight excluding hydrogens is 1010 g/mol. The molecule has 0 saturated carbocycles. The maximum absolute atomic E-state index is 14.0. The summed E-state index contributed by atoms with van der Waals surface area (Å²) in [6, 6.07) is 28.9. The average molecular weight is 1060 g/mol. The molecule has 2 unspecified atom stereocenters. The summed E-state index contributed by atoms with van der Waals surface area (Å²) in [5.74, 6) is -2.79. The number of halogens is 4. The van der Waals surface area contributed by atoms with Crippen molar-refractivity contribution in [3.05, 3.63) is 163 Å². The van der Waals surface area contributed by atoms with Crippen LogP contribution >= 0.6 is 46.4 Å². The van der Waals surface area contributed by atoms with E-state index in [1.165, 1.54) is 0 Å². The van der Waals surface area contributed by atoms with Crippen LogP contribution in [0.2, 0.25) is 20.1 Å². The first-order valence-electron chi connectivity index (χ1n) is 23.0. The van der Waals surface area contributed by atoms with Gasteiger partial charge in [0.25, 0.3) is 11.8 Å². The number of aromatic nitrogens is 2. The third-order valence-electron chi connectivity index (χ3n) is 11.7. The van der Waals surface area contributed by atoms with E-state index >= 15 is 0 Å². The summed E-state index contributed by atoms with van der Waals surface area (Å²) in [5, 5.41) is 7.52. The molecule has 2 N–H and O–H groups in total. The Hall–Kier alpha value is -6.08. The molecule has 20 heteroatoms. The van der Waals surface area contributed by atoms with Crippen molar-refractivity contribution in [1.82, 2.24) is 30.4 Å². The highest BCUT2D eigenvalue weighted by Gasteiger charge is 2.34. The fourth-order valence-electron chi connectivity index (χ4n) is 8.13. The van der Waals surface area contributed by atoms with Gasteiger partial charge in [-0.15, -0.1) is 0 Å². The van der Waals surface area contributed by atoms with Gasteiger partial charge in [-0.1, -0.05) is 94.9 Å². The van der Waals surface area contributed by atoms with Gasteiger partial charge in [0.15, 0.2) is 0 Å². The third kappa shape index (κ3) is 13.9. The zero-order valence-electron chi connectivity index (χ0n) is 39.2. The molecule has 4 atom stereocenters. The Balaban J connectivity index is 0.949. The van der Waals surface area contributed by atoms with Crippen LogP contribution in [0, 0.1) is 13.8 Å². The number of benzene rings is 4. The van der Waals surface area contributed by atoms with Crippen LogP contribution in [0.25, 0.3) is 22.9 Å². The van der Waals surface area contributed by atoms with Gasteiger partial charge in [-0.2, -0.15) is 0 Å². The van der Waals surface area contributed by atoms with Gasteiger partial charge in [0.05, 0.1) is 45.5 Å². The zero-order chi connectivity index (χ0) is 50.7. The summed E-state index contributed by atoms with van der Waals surface area (Å²) in [6.45, 7) is 7.55. The van der Waals surface area contributed by atoms with Crippen LogP contribution < -0.4 is 10.6 Å². The maximum atomic E-state index is 14.0. The predicted molar refractivity (Wildman–Crippen MR) is 269 cm³/mol. The molecule has 0 radical (unpaired) electrons. The average Bonchev–Trinajstić information content (AvgIpc) is 3.97. The van der Waals surface area contributed by atoms with E-state index in [9.17, 15) is 19.2 Å². The van der Waals surface area contributed by atoms with E-state index in [1.54, 1.807) is 74.5 Å². The van der Waals surface area contributed by atoms with E-state index in [1.807, 2.05) is 36.4 Å². The quantitative estimate of drug-likeness (QED) is 0.0615. The van der Waals surface area contributed by atoms with Crippen molar-refractivity contribution in [1.29, 1.82) is 0 Å². The van der Waals surface area contributed by atoms with Crippen LogP contribution in [0.4, 0.5) is 0 Å². The Bertz CT molecular complexity index is 2710. The number of morpholine rings is 2. The first kappa shape index (κ1) is 52.2. The van der Waals surface area contributed by atoms with Crippen LogP contribution in [-0.2, 0) is 51.2 Å².